The Bertz CT molecular complexity index is 659. The number of nitrogens with zero attached hydrogens (tertiary/aromatic N) is 3. The summed E-state index contributed by atoms with van der Waals surface area (Å²) >= 11 is 6.04. The van der Waals surface area contributed by atoms with E-state index in [1.807, 2.05) is 19.2 Å². The van der Waals surface area contributed by atoms with Crippen LogP contribution in [0.15, 0.2) is 18.5 Å². The number of hydrogen-bond acceptors (Lipinski definition) is 4. The van der Waals surface area contributed by atoms with Crippen LogP contribution in [0.4, 0.5) is 5.82 Å². The fourth-order valence-electron chi connectivity index (χ4n) is 2.68. The van der Waals surface area contributed by atoms with Crippen LogP contribution in [0, 0.1) is 0 Å². The zero-order valence-corrected chi connectivity index (χ0v) is 12.6. The summed E-state index contributed by atoms with van der Waals surface area (Å²) < 4.78 is 0. The molecular formula is C15H18ClN3O. The van der Waals surface area contributed by atoms with Crippen molar-refractivity contribution in [3.63, 3.8) is 0 Å². The Balaban J connectivity index is 2.18. The van der Waals surface area contributed by atoms with Crippen LogP contribution in [0.1, 0.15) is 32.3 Å². The van der Waals surface area contributed by atoms with Gasteiger partial charge in [0.05, 0.1) is 12.1 Å². The van der Waals surface area contributed by atoms with E-state index in [1.165, 1.54) is 5.56 Å². The number of aliphatic hydroxyl groups excluding tert-OH is 1. The summed E-state index contributed by atoms with van der Waals surface area (Å²) in [5.74, 6) is 1.25. The Kier molecular flexibility index (Phi) is 3.30. The number of fused-ring (bicyclic) bond motifs is 1. The van der Waals surface area contributed by atoms with E-state index in [4.69, 9.17) is 11.6 Å². The van der Waals surface area contributed by atoms with E-state index in [9.17, 15) is 5.11 Å². The molecule has 1 fully saturated rings. The SMILES string of the molecule is CC(C)c1cnc(N2CC(O)[C@@H]2C)c2cnc(Cl)cc12. The molecule has 20 heavy (non-hydrogen) atoms. The van der Waals surface area contributed by atoms with Crippen molar-refractivity contribution >= 4 is 28.2 Å². The molecule has 3 rings (SSSR count). The molecule has 0 aliphatic carbocycles. The van der Waals surface area contributed by atoms with Crippen molar-refractivity contribution in [3.8, 4) is 0 Å². The average Bonchev–Trinajstić information content (AvgIpc) is 2.42. The van der Waals surface area contributed by atoms with Gasteiger partial charge < -0.3 is 10.0 Å². The highest BCUT2D eigenvalue weighted by atomic mass is 35.5. The lowest BCUT2D eigenvalue weighted by Gasteiger charge is -2.44. The number of rotatable bonds is 2. The van der Waals surface area contributed by atoms with Crippen molar-refractivity contribution in [3.05, 3.63) is 29.2 Å². The minimum atomic E-state index is -0.281. The predicted octanol–water partition coefficient (Wildman–Crippen LogP) is 2.98. The van der Waals surface area contributed by atoms with Crippen molar-refractivity contribution in [1.82, 2.24) is 9.97 Å². The maximum absolute atomic E-state index is 9.70. The van der Waals surface area contributed by atoms with E-state index in [0.29, 0.717) is 17.6 Å². The molecule has 0 spiro atoms. The van der Waals surface area contributed by atoms with Crippen LogP contribution >= 0.6 is 11.6 Å². The lowest BCUT2D eigenvalue weighted by molar-refractivity contribution is 0.0990. The lowest BCUT2D eigenvalue weighted by atomic mass is 9.97. The van der Waals surface area contributed by atoms with Gasteiger partial charge in [0, 0.05) is 24.3 Å². The highest BCUT2D eigenvalue weighted by Crippen LogP contribution is 2.35. The van der Waals surface area contributed by atoms with Crippen LogP contribution < -0.4 is 4.90 Å². The number of anilines is 1. The second kappa shape index (κ2) is 4.86. The van der Waals surface area contributed by atoms with Crippen LogP contribution in [0.2, 0.25) is 5.15 Å². The number of halogens is 1. The van der Waals surface area contributed by atoms with E-state index in [-0.39, 0.29) is 12.1 Å². The van der Waals surface area contributed by atoms with Gasteiger partial charge in [-0.25, -0.2) is 9.97 Å². The third kappa shape index (κ3) is 2.03. The van der Waals surface area contributed by atoms with E-state index in [1.54, 1.807) is 6.20 Å². The third-order valence-electron chi connectivity index (χ3n) is 4.07. The van der Waals surface area contributed by atoms with Crippen molar-refractivity contribution in [2.24, 2.45) is 0 Å². The van der Waals surface area contributed by atoms with Gasteiger partial charge in [-0.2, -0.15) is 0 Å². The van der Waals surface area contributed by atoms with E-state index >= 15 is 0 Å². The molecule has 0 aromatic carbocycles. The summed E-state index contributed by atoms with van der Waals surface area (Å²) in [6.07, 6.45) is 3.41. The van der Waals surface area contributed by atoms with Crippen molar-refractivity contribution < 1.29 is 5.11 Å². The molecule has 2 atom stereocenters. The summed E-state index contributed by atoms with van der Waals surface area (Å²) in [6.45, 7) is 6.90. The first-order valence-electron chi connectivity index (χ1n) is 6.88. The number of aliphatic hydroxyl groups is 1. The molecule has 0 bridgehead atoms. The predicted molar refractivity (Wildman–Crippen MR) is 81.5 cm³/mol. The average molecular weight is 292 g/mol. The normalized spacial score (nSPS) is 22.4. The Labute approximate surface area is 123 Å². The van der Waals surface area contributed by atoms with Gasteiger partial charge in [-0.15, -0.1) is 0 Å². The van der Waals surface area contributed by atoms with Gasteiger partial charge in [-0.1, -0.05) is 25.4 Å². The molecule has 2 aromatic rings. The number of β-amino-alcohol motifs (C(OH)–C–C–N with tert-alkyl or cyclic N) is 1. The molecule has 1 N–H and O–H groups in total. The smallest absolute Gasteiger partial charge is 0.138 e. The molecule has 0 saturated carbocycles. The molecular weight excluding hydrogens is 274 g/mol. The minimum Gasteiger partial charge on any atom is -0.389 e. The van der Waals surface area contributed by atoms with Crippen LogP contribution in [0.25, 0.3) is 10.8 Å². The first kappa shape index (κ1) is 13.6. The van der Waals surface area contributed by atoms with Crippen molar-refractivity contribution in [2.75, 3.05) is 11.4 Å². The Hall–Kier alpha value is -1.39. The molecule has 2 aromatic heterocycles. The monoisotopic (exact) mass is 291 g/mol. The molecule has 3 heterocycles. The summed E-state index contributed by atoms with van der Waals surface area (Å²) in [7, 11) is 0. The molecule has 5 heteroatoms. The quantitative estimate of drug-likeness (QED) is 0.864. The van der Waals surface area contributed by atoms with Crippen LogP contribution in [0.5, 0.6) is 0 Å². The first-order valence-corrected chi connectivity index (χ1v) is 7.25. The van der Waals surface area contributed by atoms with Gasteiger partial charge >= 0.3 is 0 Å². The highest BCUT2D eigenvalue weighted by molar-refractivity contribution is 6.30. The minimum absolute atomic E-state index is 0.0891. The zero-order valence-electron chi connectivity index (χ0n) is 11.8. The van der Waals surface area contributed by atoms with E-state index < -0.39 is 0 Å². The Morgan fingerprint density at radius 3 is 2.65 bits per heavy atom. The van der Waals surface area contributed by atoms with Crippen LogP contribution in [-0.2, 0) is 0 Å². The molecule has 1 aliphatic rings. The van der Waals surface area contributed by atoms with Crippen LogP contribution in [-0.4, -0.2) is 33.8 Å². The fourth-order valence-corrected chi connectivity index (χ4v) is 2.83. The van der Waals surface area contributed by atoms with Crippen molar-refractivity contribution in [2.45, 2.75) is 38.8 Å². The molecule has 106 valence electrons. The van der Waals surface area contributed by atoms with Crippen LogP contribution in [0.3, 0.4) is 0 Å². The molecule has 4 nitrogen and oxygen atoms in total. The van der Waals surface area contributed by atoms with Gasteiger partial charge in [-0.3, -0.25) is 0 Å². The lowest BCUT2D eigenvalue weighted by Crippen LogP contribution is -2.59. The molecule has 1 saturated heterocycles. The maximum Gasteiger partial charge on any atom is 0.138 e. The summed E-state index contributed by atoms with van der Waals surface area (Å²) in [5.41, 5.74) is 1.17. The van der Waals surface area contributed by atoms with Gasteiger partial charge in [0.1, 0.15) is 11.0 Å². The van der Waals surface area contributed by atoms with Gasteiger partial charge in [0.2, 0.25) is 0 Å². The molecule has 0 amide bonds. The zero-order chi connectivity index (χ0) is 14.4. The van der Waals surface area contributed by atoms with Gasteiger partial charge in [0.25, 0.3) is 0 Å². The number of pyridine rings is 2. The number of hydrogen-bond donors (Lipinski definition) is 1. The molecule has 1 aliphatic heterocycles. The highest BCUT2D eigenvalue weighted by Gasteiger charge is 2.35. The largest absolute Gasteiger partial charge is 0.389 e. The third-order valence-corrected chi connectivity index (χ3v) is 4.28. The molecule has 0 radical (unpaired) electrons. The molecule has 1 unspecified atom stereocenters. The topological polar surface area (TPSA) is 49.2 Å². The van der Waals surface area contributed by atoms with Gasteiger partial charge in [-0.05, 0) is 29.9 Å². The van der Waals surface area contributed by atoms with E-state index in [0.717, 1.165) is 16.6 Å². The Morgan fingerprint density at radius 2 is 2.05 bits per heavy atom. The summed E-state index contributed by atoms with van der Waals surface area (Å²) in [6, 6.07) is 1.99. The summed E-state index contributed by atoms with van der Waals surface area (Å²) in [4.78, 5) is 10.9. The fraction of sp³-hybridized carbons (Fsp3) is 0.467. The Morgan fingerprint density at radius 1 is 1.30 bits per heavy atom. The maximum atomic E-state index is 9.70. The number of aromatic nitrogens is 2. The standard InChI is InChI=1S/C15H18ClN3O/c1-8(2)11-5-18-15(19-7-13(20)9(19)3)12-6-17-14(16)4-10(11)12/h4-6,8-9,13,20H,7H2,1-3H3/t9-,13?/m0/s1. The van der Waals surface area contributed by atoms with Gasteiger partial charge in [0.15, 0.2) is 0 Å². The first-order chi connectivity index (χ1) is 9.49. The van der Waals surface area contributed by atoms with E-state index in [2.05, 4.69) is 28.7 Å². The second-order valence-corrected chi connectivity index (χ2v) is 6.09. The van der Waals surface area contributed by atoms with Crippen molar-refractivity contribution in [1.29, 1.82) is 0 Å². The summed E-state index contributed by atoms with van der Waals surface area (Å²) in [5, 5.41) is 12.3. The second-order valence-electron chi connectivity index (χ2n) is 5.70.